The zero-order chi connectivity index (χ0) is 16.9. The highest BCUT2D eigenvalue weighted by Crippen LogP contribution is 2.30. The van der Waals surface area contributed by atoms with Gasteiger partial charge in [0.25, 0.3) is 0 Å². The minimum absolute atomic E-state index is 0.147. The van der Waals surface area contributed by atoms with E-state index in [2.05, 4.69) is 48.1 Å². The van der Waals surface area contributed by atoms with Gasteiger partial charge in [-0.15, -0.1) is 0 Å². The number of hydrogen-bond acceptors (Lipinski definition) is 4. The zero-order valence-electron chi connectivity index (χ0n) is 14.0. The zero-order valence-corrected chi connectivity index (χ0v) is 14.0. The second-order valence-electron chi connectivity index (χ2n) is 7.35. The number of hydrogen-bond donors (Lipinski definition) is 2. The molecule has 0 saturated carbocycles. The van der Waals surface area contributed by atoms with Gasteiger partial charge in [-0.05, 0) is 23.6 Å². The summed E-state index contributed by atoms with van der Waals surface area (Å²) in [6.45, 7) is 7.40. The number of fused-ring (bicyclic) bond motifs is 3. The topological polar surface area (TPSA) is 85.4 Å². The largest absolute Gasteiger partial charge is 0.383 e. The minimum atomic E-state index is 0.147. The molecule has 0 amide bonds. The van der Waals surface area contributed by atoms with Crippen molar-refractivity contribution >= 4 is 27.6 Å². The lowest BCUT2D eigenvalue weighted by atomic mass is 9.97. The lowest BCUT2D eigenvalue weighted by Gasteiger charge is -2.17. The van der Waals surface area contributed by atoms with Crippen LogP contribution in [0.2, 0.25) is 0 Å². The number of aromatic nitrogens is 5. The summed E-state index contributed by atoms with van der Waals surface area (Å²) in [4.78, 5) is 4.57. The van der Waals surface area contributed by atoms with Crippen LogP contribution < -0.4 is 5.73 Å². The van der Waals surface area contributed by atoms with Gasteiger partial charge in [0, 0.05) is 29.9 Å². The lowest BCUT2D eigenvalue weighted by molar-refractivity contribution is 0.327. The van der Waals surface area contributed by atoms with Crippen LogP contribution in [0.4, 0.5) is 5.82 Å². The van der Waals surface area contributed by atoms with Crippen molar-refractivity contribution in [3.63, 3.8) is 0 Å². The SMILES string of the molecule is CC(C)(C)Cn1cc2c(N)nc3cc(-c4ccn[nH]4)ccc3c2n1. The molecule has 24 heavy (non-hydrogen) atoms. The maximum Gasteiger partial charge on any atom is 0.135 e. The Labute approximate surface area is 139 Å². The summed E-state index contributed by atoms with van der Waals surface area (Å²) < 4.78 is 1.96. The maximum atomic E-state index is 6.18. The molecule has 0 bridgehead atoms. The van der Waals surface area contributed by atoms with E-state index in [1.165, 1.54) is 0 Å². The number of nitrogens with one attached hydrogen (secondary N) is 1. The number of aromatic amines is 1. The molecule has 4 aromatic rings. The number of nitrogen functional groups attached to an aromatic ring is 1. The Bertz CT molecular complexity index is 1020. The van der Waals surface area contributed by atoms with Crippen LogP contribution in [0.5, 0.6) is 0 Å². The molecule has 0 radical (unpaired) electrons. The standard InChI is InChI=1S/C18H20N6/c1-18(2,3)10-24-9-13-16(23-24)12-5-4-11(14-6-7-20-22-14)8-15(12)21-17(13)19/h4-9H,10H2,1-3H3,(H2,19,21)(H,20,22). The van der Waals surface area contributed by atoms with Gasteiger partial charge >= 0.3 is 0 Å². The summed E-state index contributed by atoms with van der Waals surface area (Å²) in [7, 11) is 0. The fraction of sp³-hybridized carbons (Fsp3) is 0.278. The van der Waals surface area contributed by atoms with Crippen molar-refractivity contribution in [1.29, 1.82) is 0 Å². The lowest BCUT2D eigenvalue weighted by Crippen LogP contribution is -2.15. The van der Waals surface area contributed by atoms with Crippen molar-refractivity contribution in [1.82, 2.24) is 25.0 Å². The summed E-state index contributed by atoms with van der Waals surface area (Å²) in [5.41, 5.74) is 10.1. The second kappa shape index (κ2) is 5.06. The molecule has 3 aromatic heterocycles. The average Bonchev–Trinajstić information content (AvgIpc) is 3.14. The first-order chi connectivity index (χ1) is 11.4. The summed E-state index contributed by atoms with van der Waals surface area (Å²) in [6, 6.07) is 8.05. The molecule has 6 heteroatoms. The van der Waals surface area contributed by atoms with Crippen molar-refractivity contribution in [3.05, 3.63) is 36.7 Å². The van der Waals surface area contributed by atoms with E-state index >= 15 is 0 Å². The molecule has 1 aromatic carbocycles. The van der Waals surface area contributed by atoms with E-state index in [4.69, 9.17) is 10.8 Å². The predicted octanol–water partition coefficient (Wildman–Crippen LogP) is 3.60. The fourth-order valence-corrected chi connectivity index (χ4v) is 2.97. The molecular formula is C18H20N6. The molecule has 0 atom stereocenters. The molecule has 122 valence electrons. The van der Waals surface area contributed by atoms with Crippen molar-refractivity contribution in [2.45, 2.75) is 27.3 Å². The second-order valence-corrected chi connectivity index (χ2v) is 7.35. The number of nitrogens with zero attached hydrogens (tertiary/aromatic N) is 4. The summed E-state index contributed by atoms with van der Waals surface area (Å²) >= 11 is 0. The Balaban J connectivity index is 1.90. The highest BCUT2D eigenvalue weighted by molar-refractivity contribution is 6.08. The molecule has 0 aliphatic heterocycles. The summed E-state index contributed by atoms with van der Waals surface area (Å²) in [6.07, 6.45) is 3.73. The van der Waals surface area contributed by atoms with Gasteiger partial charge in [0.05, 0.1) is 16.6 Å². The molecule has 3 heterocycles. The Kier molecular flexibility index (Phi) is 3.09. The molecule has 0 aliphatic rings. The van der Waals surface area contributed by atoms with E-state index in [0.29, 0.717) is 5.82 Å². The Hall–Kier alpha value is -2.89. The number of pyridine rings is 1. The number of rotatable bonds is 2. The van der Waals surface area contributed by atoms with Crippen molar-refractivity contribution in [2.75, 3.05) is 5.73 Å². The van der Waals surface area contributed by atoms with Crippen LogP contribution in [0.15, 0.2) is 36.7 Å². The first kappa shape index (κ1) is 14.7. The summed E-state index contributed by atoms with van der Waals surface area (Å²) in [5, 5.41) is 13.6. The molecule has 3 N–H and O–H groups in total. The molecule has 0 spiro atoms. The predicted molar refractivity (Wildman–Crippen MR) is 96.5 cm³/mol. The number of H-pyrrole nitrogens is 1. The Morgan fingerprint density at radius 2 is 2.00 bits per heavy atom. The third kappa shape index (κ3) is 2.50. The van der Waals surface area contributed by atoms with E-state index < -0.39 is 0 Å². The first-order valence-corrected chi connectivity index (χ1v) is 7.97. The van der Waals surface area contributed by atoms with E-state index in [0.717, 1.165) is 39.6 Å². The van der Waals surface area contributed by atoms with Gasteiger partial charge in [-0.25, -0.2) is 4.98 Å². The maximum absolute atomic E-state index is 6.18. The molecule has 4 rings (SSSR count). The van der Waals surface area contributed by atoms with Gasteiger partial charge in [0.2, 0.25) is 0 Å². The van der Waals surface area contributed by atoms with Crippen LogP contribution in [0, 0.1) is 5.41 Å². The molecule has 6 nitrogen and oxygen atoms in total. The van der Waals surface area contributed by atoms with Crippen LogP contribution >= 0.6 is 0 Å². The molecular weight excluding hydrogens is 300 g/mol. The Morgan fingerprint density at radius 3 is 2.71 bits per heavy atom. The molecule has 0 aliphatic carbocycles. The van der Waals surface area contributed by atoms with Gasteiger partial charge in [-0.1, -0.05) is 26.8 Å². The molecule has 0 fully saturated rings. The number of benzene rings is 1. The number of anilines is 1. The molecule has 0 unspecified atom stereocenters. The monoisotopic (exact) mass is 320 g/mol. The van der Waals surface area contributed by atoms with Gasteiger partial charge in [-0.3, -0.25) is 9.78 Å². The van der Waals surface area contributed by atoms with E-state index in [-0.39, 0.29) is 5.41 Å². The quantitative estimate of drug-likeness (QED) is 0.591. The van der Waals surface area contributed by atoms with Crippen LogP contribution in [-0.2, 0) is 6.54 Å². The smallest absolute Gasteiger partial charge is 0.135 e. The Morgan fingerprint density at radius 1 is 1.17 bits per heavy atom. The van der Waals surface area contributed by atoms with Crippen LogP contribution in [-0.4, -0.2) is 25.0 Å². The van der Waals surface area contributed by atoms with Crippen molar-refractivity contribution < 1.29 is 0 Å². The van der Waals surface area contributed by atoms with Crippen molar-refractivity contribution in [2.24, 2.45) is 5.41 Å². The third-order valence-corrected chi connectivity index (χ3v) is 3.98. The minimum Gasteiger partial charge on any atom is -0.383 e. The highest BCUT2D eigenvalue weighted by Gasteiger charge is 2.16. The third-order valence-electron chi connectivity index (χ3n) is 3.98. The number of nitrogens with two attached hydrogens (primary N) is 1. The van der Waals surface area contributed by atoms with E-state index in [1.54, 1.807) is 6.20 Å². The van der Waals surface area contributed by atoms with E-state index in [1.807, 2.05) is 23.0 Å². The van der Waals surface area contributed by atoms with Crippen LogP contribution in [0.1, 0.15) is 20.8 Å². The van der Waals surface area contributed by atoms with Crippen molar-refractivity contribution in [3.8, 4) is 11.3 Å². The first-order valence-electron chi connectivity index (χ1n) is 7.97. The van der Waals surface area contributed by atoms with Crippen LogP contribution in [0.3, 0.4) is 0 Å². The molecule has 0 saturated heterocycles. The normalized spacial score (nSPS) is 12.3. The van der Waals surface area contributed by atoms with Gasteiger partial charge in [0.15, 0.2) is 0 Å². The fourth-order valence-electron chi connectivity index (χ4n) is 2.97. The summed E-state index contributed by atoms with van der Waals surface area (Å²) in [5.74, 6) is 0.513. The van der Waals surface area contributed by atoms with Crippen LogP contribution in [0.25, 0.3) is 33.1 Å². The highest BCUT2D eigenvalue weighted by atomic mass is 15.3. The van der Waals surface area contributed by atoms with Gasteiger partial charge in [-0.2, -0.15) is 10.2 Å². The average molecular weight is 320 g/mol. The van der Waals surface area contributed by atoms with Gasteiger partial charge < -0.3 is 5.73 Å². The van der Waals surface area contributed by atoms with Gasteiger partial charge in [0.1, 0.15) is 11.3 Å². The van der Waals surface area contributed by atoms with E-state index in [9.17, 15) is 0 Å².